The summed E-state index contributed by atoms with van der Waals surface area (Å²) in [6.45, 7) is 0. The van der Waals surface area contributed by atoms with Gasteiger partial charge in [0.25, 0.3) is 0 Å². The molecule has 5 heteroatoms. The van der Waals surface area contributed by atoms with Gasteiger partial charge in [-0.3, -0.25) is 0 Å². The van der Waals surface area contributed by atoms with Crippen LogP contribution in [-0.4, -0.2) is 18.2 Å². The molecule has 0 aliphatic rings. The van der Waals surface area contributed by atoms with Gasteiger partial charge in [0.2, 0.25) is 0 Å². The first-order valence-electron chi connectivity index (χ1n) is 3.75. The Balaban J connectivity index is 3.35. The van der Waals surface area contributed by atoms with Gasteiger partial charge < -0.3 is 9.84 Å². The maximum atomic E-state index is 10.8. The van der Waals surface area contributed by atoms with Crippen molar-refractivity contribution in [3.05, 3.63) is 28.3 Å². The molecular formula is C9H8BrClO3. The molecule has 0 unspecified atom stereocenters. The molecule has 0 spiro atoms. The number of carboxylic acids is 1. The summed E-state index contributed by atoms with van der Waals surface area (Å²) in [6.07, 6.45) is 0. The number of aromatic carboxylic acids is 1. The molecule has 0 atom stereocenters. The van der Waals surface area contributed by atoms with Crippen molar-refractivity contribution < 1.29 is 14.6 Å². The van der Waals surface area contributed by atoms with Crippen LogP contribution < -0.4 is 4.74 Å². The fraction of sp³-hybridized carbons (Fsp3) is 0.222. The fourth-order valence-electron chi connectivity index (χ4n) is 1.09. The number of hydrogen-bond donors (Lipinski definition) is 1. The van der Waals surface area contributed by atoms with Crippen molar-refractivity contribution in [3.8, 4) is 5.75 Å². The Labute approximate surface area is 94.8 Å². The van der Waals surface area contributed by atoms with Crippen molar-refractivity contribution in [2.75, 3.05) is 7.11 Å². The topological polar surface area (TPSA) is 46.5 Å². The Morgan fingerprint density at radius 2 is 2.29 bits per heavy atom. The summed E-state index contributed by atoms with van der Waals surface area (Å²) in [4.78, 5) is 10.8. The number of ether oxygens (including phenoxy) is 1. The van der Waals surface area contributed by atoms with Gasteiger partial charge in [-0.15, -0.1) is 0 Å². The van der Waals surface area contributed by atoms with Crippen LogP contribution in [0, 0.1) is 0 Å². The predicted molar refractivity (Wildman–Crippen MR) is 57.6 cm³/mol. The second kappa shape index (κ2) is 4.66. The molecule has 1 N–H and O–H groups in total. The van der Waals surface area contributed by atoms with Crippen molar-refractivity contribution in [3.63, 3.8) is 0 Å². The number of carboxylic acid groups (broad SMARTS) is 1. The van der Waals surface area contributed by atoms with Crippen molar-refractivity contribution in [2.45, 2.75) is 5.33 Å². The third-order valence-corrected chi connectivity index (χ3v) is 2.62. The van der Waals surface area contributed by atoms with Crippen molar-refractivity contribution in [1.29, 1.82) is 0 Å². The lowest BCUT2D eigenvalue weighted by molar-refractivity contribution is 0.0693. The van der Waals surface area contributed by atoms with Crippen LogP contribution in [0.2, 0.25) is 5.02 Å². The van der Waals surface area contributed by atoms with E-state index in [2.05, 4.69) is 15.9 Å². The molecule has 1 rings (SSSR count). The first-order valence-corrected chi connectivity index (χ1v) is 5.25. The minimum absolute atomic E-state index is 0.0782. The van der Waals surface area contributed by atoms with Crippen LogP contribution in [0.4, 0.5) is 0 Å². The molecule has 0 aliphatic carbocycles. The van der Waals surface area contributed by atoms with Gasteiger partial charge in [0, 0.05) is 5.33 Å². The van der Waals surface area contributed by atoms with Gasteiger partial charge in [-0.25, -0.2) is 4.79 Å². The van der Waals surface area contributed by atoms with E-state index in [4.69, 9.17) is 21.4 Å². The van der Waals surface area contributed by atoms with Crippen LogP contribution >= 0.6 is 27.5 Å². The van der Waals surface area contributed by atoms with E-state index in [1.54, 1.807) is 6.07 Å². The minimum atomic E-state index is -1.05. The van der Waals surface area contributed by atoms with E-state index in [9.17, 15) is 4.79 Å². The molecule has 0 aliphatic heterocycles. The molecule has 0 radical (unpaired) electrons. The Hall–Kier alpha value is -0.740. The van der Waals surface area contributed by atoms with E-state index in [-0.39, 0.29) is 11.3 Å². The molecule has 1 aromatic rings. The Morgan fingerprint density at radius 3 is 2.71 bits per heavy atom. The molecule has 0 saturated heterocycles. The number of benzene rings is 1. The number of halogens is 2. The summed E-state index contributed by atoms with van der Waals surface area (Å²) in [7, 11) is 1.39. The van der Waals surface area contributed by atoms with E-state index in [0.29, 0.717) is 10.4 Å². The van der Waals surface area contributed by atoms with E-state index in [0.717, 1.165) is 5.56 Å². The zero-order valence-electron chi connectivity index (χ0n) is 7.38. The lowest BCUT2D eigenvalue weighted by atomic mass is 10.1. The highest BCUT2D eigenvalue weighted by atomic mass is 79.9. The highest BCUT2D eigenvalue weighted by molar-refractivity contribution is 9.08. The summed E-state index contributed by atoms with van der Waals surface area (Å²) in [5.41, 5.74) is 0.877. The van der Waals surface area contributed by atoms with E-state index in [1.165, 1.54) is 13.2 Å². The van der Waals surface area contributed by atoms with Crippen LogP contribution in [0.5, 0.6) is 5.75 Å². The molecule has 14 heavy (non-hydrogen) atoms. The zero-order valence-corrected chi connectivity index (χ0v) is 9.72. The molecule has 0 amide bonds. The van der Waals surface area contributed by atoms with Gasteiger partial charge in [0.15, 0.2) is 5.75 Å². The summed E-state index contributed by atoms with van der Waals surface area (Å²) in [5, 5.41) is 9.75. The quantitative estimate of drug-likeness (QED) is 0.865. The van der Waals surface area contributed by atoms with E-state index in [1.807, 2.05) is 0 Å². The number of rotatable bonds is 3. The van der Waals surface area contributed by atoms with Crippen molar-refractivity contribution in [1.82, 2.24) is 0 Å². The van der Waals surface area contributed by atoms with Crippen LogP contribution in [0.1, 0.15) is 15.9 Å². The SMILES string of the molecule is COc1c(Cl)cc(CBr)cc1C(=O)O. The third-order valence-electron chi connectivity index (χ3n) is 1.69. The van der Waals surface area contributed by atoms with Crippen LogP contribution in [0.25, 0.3) is 0 Å². The van der Waals surface area contributed by atoms with Gasteiger partial charge >= 0.3 is 5.97 Å². The first-order chi connectivity index (χ1) is 6.60. The maximum absolute atomic E-state index is 10.8. The fourth-order valence-corrected chi connectivity index (χ4v) is 1.74. The lowest BCUT2D eigenvalue weighted by Gasteiger charge is -2.08. The molecule has 0 aromatic heterocycles. The minimum Gasteiger partial charge on any atom is -0.494 e. The van der Waals surface area contributed by atoms with Gasteiger partial charge in [-0.2, -0.15) is 0 Å². The summed E-state index contributed by atoms with van der Waals surface area (Å²) >= 11 is 9.08. The van der Waals surface area contributed by atoms with Gasteiger partial charge in [-0.1, -0.05) is 27.5 Å². The average molecular weight is 280 g/mol. The smallest absolute Gasteiger partial charge is 0.339 e. The second-order valence-electron chi connectivity index (χ2n) is 2.60. The number of hydrogen-bond acceptors (Lipinski definition) is 2. The Morgan fingerprint density at radius 1 is 1.64 bits per heavy atom. The Kier molecular flexibility index (Phi) is 3.77. The molecule has 0 saturated carbocycles. The van der Waals surface area contributed by atoms with Crippen LogP contribution in [-0.2, 0) is 5.33 Å². The molecule has 0 bridgehead atoms. The van der Waals surface area contributed by atoms with Gasteiger partial charge in [0.05, 0.1) is 12.1 Å². The highest BCUT2D eigenvalue weighted by Crippen LogP contribution is 2.30. The molecular weight excluding hydrogens is 271 g/mol. The van der Waals surface area contributed by atoms with Crippen LogP contribution in [0.3, 0.4) is 0 Å². The van der Waals surface area contributed by atoms with Gasteiger partial charge in [0.1, 0.15) is 5.56 Å². The van der Waals surface area contributed by atoms with E-state index >= 15 is 0 Å². The Bertz CT molecular complexity index is 365. The molecule has 3 nitrogen and oxygen atoms in total. The van der Waals surface area contributed by atoms with Gasteiger partial charge in [-0.05, 0) is 17.7 Å². The van der Waals surface area contributed by atoms with Crippen molar-refractivity contribution in [2.24, 2.45) is 0 Å². The van der Waals surface area contributed by atoms with Crippen molar-refractivity contribution >= 4 is 33.5 Å². The largest absolute Gasteiger partial charge is 0.494 e. The summed E-state index contributed by atoms with van der Waals surface area (Å²) in [6, 6.07) is 3.20. The molecule has 0 fully saturated rings. The lowest BCUT2D eigenvalue weighted by Crippen LogP contribution is -2.02. The number of methoxy groups -OCH3 is 1. The average Bonchev–Trinajstić information content (AvgIpc) is 2.16. The van der Waals surface area contributed by atoms with Crippen LogP contribution in [0.15, 0.2) is 12.1 Å². The maximum Gasteiger partial charge on any atom is 0.339 e. The zero-order chi connectivity index (χ0) is 10.7. The third kappa shape index (κ3) is 2.19. The monoisotopic (exact) mass is 278 g/mol. The first kappa shape index (κ1) is 11.3. The van der Waals surface area contributed by atoms with E-state index < -0.39 is 5.97 Å². The molecule has 76 valence electrons. The number of carbonyl (C=O) groups is 1. The summed E-state index contributed by atoms with van der Waals surface area (Å²) in [5.74, 6) is -0.851. The second-order valence-corrected chi connectivity index (χ2v) is 3.57. The highest BCUT2D eigenvalue weighted by Gasteiger charge is 2.15. The standard InChI is InChI=1S/C9H8BrClO3/c1-14-8-6(9(12)13)2-5(4-10)3-7(8)11/h2-3H,4H2,1H3,(H,12,13). The molecule has 0 heterocycles. The predicted octanol–water partition coefficient (Wildman–Crippen LogP) is 2.94. The summed E-state index contributed by atoms with van der Waals surface area (Å²) < 4.78 is 4.91. The number of alkyl halides is 1. The molecule has 1 aromatic carbocycles. The normalized spacial score (nSPS) is 9.93.